The third-order valence-corrected chi connectivity index (χ3v) is 6.28. The van der Waals surface area contributed by atoms with Gasteiger partial charge in [0.25, 0.3) is 5.91 Å². The van der Waals surface area contributed by atoms with Crippen LogP contribution in [0.25, 0.3) is 10.2 Å². The van der Waals surface area contributed by atoms with Crippen LogP contribution in [-0.2, 0) is 0 Å². The second kappa shape index (κ2) is 7.35. The van der Waals surface area contributed by atoms with Gasteiger partial charge in [0.1, 0.15) is 5.82 Å². The zero-order valence-corrected chi connectivity index (χ0v) is 16.4. The summed E-state index contributed by atoms with van der Waals surface area (Å²) in [7, 11) is 0. The quantitative estimate of drug-likeness (QED) is 0.680. The second-order valence-corrected chi connectivity index (χ2v) is 8.11. The minimum Gasteiger partial charge on any atom is -0.353 e. The van der Waals surface area contributed by atoms with E-state index in [-0.39, 0.29) is 5.91 Å². The number of piperazine rings is 1. The molecule has 2 aromatic heterocycles. The number of hydrogen-bond donors (Lipinski definition) is 0. The first-order valence-corrected chi connectivity index (χ1v) is 10.6. The molecule has 0 radical (unpaired) electrons. The van der Waals surface area contributed by atoms with Gasteiger partial charge in [0.05, 0.1) is 15.7 Å². The summed E-state index contributed by atoms with van der Waals surface area (Å²) in [5.41, 5.74) is 3.50. The summed E-state index contributed by atoms with van der Waals surface area (Å²) in [6.45, 7) is 5.03. The maximum atomic E-state index is 12.9. The number of carbonyl (C=O) groups excluding carboxylic acids is 1. The fraction of sp³-hybridized carbons (Fsp3) is 0.400. The van der Waals surface area contributed by atoms with E-state index < -0.39 is 0 Å². The van der Waals surface area contributed by atoms with Gasteiger partial charge in [-0.3, -0.25) is 4.79 Å². The predicted octanol–water partition coefficient (Wildman–Crippen LogP) is 2.65. The van der Waals surface area contributed by atoms with Crippen LogP contribution in [0.5, 0.6) is 0 Å². The monoisotopic (exact) mass is 394 g/mol. The first-order chi connectivity index (χ1) is 13.8. The van der Waals surface area contributed by atoms with Gasteiger partial charge in [0.15, 0.2) is 0 Å². The standard InChI is InChI=1S/C20H22N6OS/c27-19(15-3-4-16-17(13-15)28-14-22-16)25-11-9-24(10-12-25)18-5-6-21-20(23-18)26-7-1-2-8-26/h3-6,13-14H,1-2,7-12H2. The van der Waals surface area contributed by atoms with Crippen molar-refractivity contribution in [3.05, 3.63) is 41.5 Å². The molecule has 2 aliphatic heterocycles. The van der Waals surface area contributed by atoms with Gasteiger partial charge in [0, 0.05) is 51.0 Å². The third-order valence-electron chi connectivity index (χ3n) is 5.49. The third kappa shape index (κ3) is 3.28. The Morgan fingerprint density at radius 2 is 1.75 bits per heavy atom. The number of aromatic nitrogens is 3. The van der Waals surface area contributed by atoms with Crippen molar-refractivity contribution in [1.29, 1.82) is 0 Å². The highest BCUT2D eigenvalue weighted by molar-refractivity contribution is 7.16. The van der Waals surface area contributed by atoms with Crippen molar-refractivity contribution in [3.63, 3.8) is 0 Å². The average Bonchev–Trinajstić information content (AvgIpc) is 3.45. The fourth-order valence-electron chi connectivity index (χ4n) is 3.89. The fourth-order valence-corrected chi connectivity index (χ4v) is 4.61. The Morgan fingerprint density at radius 1 is 0.929 bits per heavy atom. The van der Waals surface area contributed by atoms with Gasteiger partial charge < -0.3 is 14.7 Å². The zero-order chi connectivity index (χ0) is 18.9. The first kappa shape index (κ1) is 17.4. The van der Waals surface area contributed by atoms with Crippen molar-refractivity contribution in [3.8, 4) is 0 Å². The minimum atomic E-state index is 0.0930. The lowest BCUT2D eigenvalue weighted by atomic mass is 10.1. The van der Waals surface area contributed by atoms with Crippen LogP contribution in [-0.4, -0.2) is 65.0 Å². The Kier molecular flexibility index (Phi) is 4.56. The zero-order valence-electron chi connectivity index (χ0n) is 15.6. The van der Waals surface area contributed by atoms with Gasteiger partial charge in [0.2, 0.25) is 5.95 Å². The van der Waals surface area contributed by atoms with Gasteiger partial charge in [-0.25, -0.2) is 9.97 Å². The van der Waals surface area contributed by atoms with Crippen LogP contribution in [0.15, 0.2) is 36.0 Å². The molecule has 4 heterocycles. The van der Waals surface area contributed by atoms with Crippen molar-refractivity contribution in [2.24, 2.45) is 0 Å². The number of hydrogen-bond acceptors (Lipinski definition) is 7. The highest BCUT2D eigenvalue weighted by atomic mass is 32.1. The number of anilines is 2. The van der Waals surface area contributed by atoms with E-state index in [1.165, 1.54) is 12.8 Å². The molecule has 0 aliphatic carbocycles. The van der Waals surface area contributed by atoms with E-state index in [9.17, 15) is 4.79 Å². The van der Waals surface area contributed by atoms with E-state index in [0.29, 0.717) is 13.1 Å². The lowest BCUT2D eigenvalue weighted by molar-refractivity contribution is 0.0746. The van der Waals surface area contributed by atoms with E-state index in [1.807, 2.05) is 40.9 Å². The molecule has 0 bridgehead atoms. The predicted molar refractivity (Wildman–Crippen MR) is 111 cm³/mol. The van der Waals surface area contributed by atoms with E-state index >= 15 is 0 Å². The van der Waals surface area contributed by atoms with Gasteiger partial charge in [-0.15, -0.1) is 11.3 Å². The summed E-state index contributed by atoms with van der Waals surface area (Å²) in [5, 5.41) is 0. The molecule has 5 rings (SSSR count). The lowest BCUT2D eigenvalue weighted by Crippen LogP contribution is -2.49. The number of nitrogens with zero attached hydrogens (tertiary/aromatic N) is 6. The molecular formula is C20H22N6OS. The summed E-state index contributed by atoms with van der Waals surface area (Å²) in [6, 6.07) is 7.73. The van der Waals surface area contributed by atoms with Crippen LogP contribution in [0, 0.1) is 0 Å². The Hall–Kier alpha value is -2.74. The molecule has 0 N–H and O–H groups in total. The maximum absolute atomic E-state index is 12.9. The maximum Gasteiger partial charge on any atom is 0.254 e. The number of fused-ring (bicyclic) bond motifs is 1. The molecule has 2 saturated heterocycles. The normalized spacial score (nSPS) is 17.5. The van der Waals surface area contributed by atoms with Crippen molar-refractivity contribution in [2.75, 3.05) is 49.1 Å². The number of rotatable bonds is 3. The van der Waals surface area contributed by atoms with E-state index in [0.717, 1.165) is 53.7 Å². The molecule has 0 unspecified atom stereocenters. The number of carbonyl (C=O) groups is 1. The molecule has 144 valence electrons. The minimum absolute atomic E-state index is 0.0930. The van der Waals surface area contributed by atoms with Crippen LogP contribution < -0.4 is 9.80 Å². The van der Waals surface area contributed by atoms with Gasteiger partial charge >= 0.3 is 0 Å². The van der Waals surface area contributed by atoms with Crippen LogP contribution >= 0.6 is 11.3 Å². The van der Waals surface area contributed by atoms with Crippen LogP contribution in [0.4, 0.5) is 11.8 Å². The Labute approximate surface area is 167 Å². The molecule has 0 spiro atoms. The lowest BCUT2D eigenvalue weighted by Gasteiger charge is -2.35. The van der Waals surface area contributed by atoms with Gasteiger partial charge in [-0.1, -0.05) is 0 Å². The number of thiazole rings is 1. The highest BCUT2D eigenvalue weighted by Crippen LogP contribution is 2.22. The highest BCUT2D eigenvalue weighted by Gasteiger charge is 2.24. The molecule has 0 saturated carbocycles. The summed E-state index contributed by atoms with van der Waals surface area (Å²) in [6.07, 6.45) is 4.27. The molecule has 28 heavy (non-hydrogen) atoms. The Balaban J connectivity index is 1.26. The molecule has 1 amide bonds. The average molecular weight is 395 g/mol. The molecule has 7 nitrogen and oxygen atoms in total. The van der Waals surface area contributed by atoms with E-state index in [2.05, 4.69) is 19.8 Å². The van der Waals surface area contributed by atoms with Crippen LogP contribution in [0.3, 0.4) is 0 Å². The first-order valence-electron chi connectivity index (χ1n) is 9.73. The molecular weight excluding hydrogens is 372 g/mol. The van der Waals surface area contributed by atoms with Gasteiger partial charge in [-0.05, 0) is 37.1 Å². The van der Waals surface area contributed by atoms with Gasteiger partial charge in [-0.2, -0.15) is 4.98 Å². The SMILES string of the molecule is O=C(c1ccc2ncsc2c1)N1CCN(c2ccnc(N3CCCC3)n2)CC1. The molecule has 2 aliphatic rings. The summed E-state index contributed by atoms with van der Waals surface area (Å²) >= 11 is 1.57. The molecule has 3 aromatic rings. The van der Waals surface area contributed by atoms with Crippen molar-refractivity contribution in [1.82, 2.24) is 19.9 Å². The topological polar surface area (TPSA) is 65.5 Å². The number of benzene rings is 1. The number of amides is 1. The van der Waals surface area contributed by atoms with E-state index in [4.69, 9.17) is 4.98 Å². The smallest absolute Gasteiger partial charge is 0.254 e. The summed E-state index contributed by atoms with van der Waals surface area (Å²) in [4.78, 5) is 32.8. The molecule has 8 heteroatoms. The summed E-state index contributed by atoms with van der Waals surface area (Å²) in [5.74, 6) is 1.87. The van der Waals surface area contributed by atoms with Crippen molar-refractivity contribution >= 4 is 39.2 Å². The summed E-state index contributed by atoms with van der Waals surface area (Å²) < 4.78 is 1.06. The van der Waals surface area contributed by atoms with Crippen LogP contribution in [0.1, 0.15) is 23.2 Å². The van der Waals surface area contributed by atoms with Crippen molar-refractivity contribution < 1.29 is 4.79 Å². The Morgan fingerprint density at radius 3 is 2.57 bits per heavy atom. The Bertz CT molecular complexity index is 991. The molecule has 1 aromatic carbocycles. The van der Waals surface area contributed by atoms with E-state index in [1.54, 1.807) is 11.3 Å². The van der Waals surface area contributed by atoms with Crippen LogP contribution in [0.2, 0.25) is 0 Å². The second-order valence-electron chi connectivity index (χ2n) is 7.22. The molecule has 0 atom stereocenters. The largest absolute Gasteiger partial charge is 0.353 e. The molecule has 2 fully saturated rings. The van der Waals surface area contributed by atoms with Crippen molar-refractivity contribution in [2.45, 2.75) is 12.8 Å².